The van der Waals surface area contributed by atoms with E-state index >= 15 is 0 Å². The molecular formula is C16H17F3N2. The van der Waals surface area contributed by atoms with E-state index in [-0.39, 0.29) is 11.9 Å². The Hall–Kier alpha value is -2.04. The molecule has 1 aromatic carbocycles. The highest BCUT2D eigenvalue weighted by molar-refractivity contribution is 5.47. The van der Waals surface area contributed by atoms with Crippen molar-refractivity contribution in [3.05, 3.63) is 59.3 Å². The first-order valence-corrected chi connectivity index (χ1v) is 6.79. The number of anilines is 1. The first-order chi connectivity index (χ1) is 9.91. The van der Waals surface area contributed by atoms with Gasteiger partial charge in [-0.3, -0.25) is 0 Å². The molecule has 1 N–H and O–H groups in total. The number of alkyl halides is 3. The summed E-state index contributed by atoms with van der Waals surface area (Å²) >= 11 is 0. The third-order valence-electron chi connectivity index (χ3n) is 3.35. The average molecular weight is 294 g/mol. The van der Waals surface area contributed by atoms with E-state index in [1.807, 2.05) is 31.2 Å². The Balaban J connectivity index is 2.21. The SMILES string of the molecule is CCc1ccc(C(C)Nc2ncccc2C(F)(F)F)cc1. The van der Waals surface area contributed by atoms with Gasteiger partial charge in [0.15, 0.2) is 0 Å². The largest absolute Gasteiger partial charge is 0.419 e. The zero-order valence-electron chi connectivity index (χ0n) is 11.9. The second-order valence-corrected chi connectivity index (χ2v) is 4.86. The molecule has 0 saturated heterocycles. The number of hydrogen-bond acceptors (Lipinski definition) is 2. The number of hydrogen-bond donors (Lipinski definition) is 1. The molecule has 0 spiro atoms. The molecular weight excluding hydrogens is 277 g/mol. The van der Waals surface area contributed by atoms with Crippen molar-refractivity contribution >= 4 is 5.82 Å². The van der Waals surface area contributed by atoms with E-state index in [2.05, 4.69) is 17.2 Å². The molecule has 0 bridgehead atoms. The molecule has 2 nitrogen and oxygen atoms in total. The fourth-order valence-corrected chi connectivity index (χ4v) is 2.08. The normalized spacial score (nSPS) is 13.0. The number of benzene rings is 1. The van der Waals surface area contributed by atoms with Gasteiger partial charge in [-0.15, -0.1) is 0 Å². The van der Waals surface area contributed by atoms with Crippen LogP contribution < -0.4 is 5.32 Å². The van der Waals surface area contributed by atoms with Gasteiger partial charge in [0.25, 0.3) is 0 Å². The molecule has 1 heterocycles. The van der Waals surface area contributed by atoms with Gasteiger partial charge in [-0.25, -0.2) is 4.98 Å². The summed E-state index contributed by atoms with van der Waals surface area (Å²) in [6.45, 7) is 3.87. The number of pyridine rings is 1. The summed E-state index contributed by atoms with van der Waals surface area (Å²) in [5.74, 6) is -0.142. The third-order valence-corrected chi connectivity index (χ3v) is 3.35. The van der Waals surface area contributed by atoms with Gasteiger partial charge in [0.1, 0.15) is 5.82 Å². The molecule has 0 radical (unpaired) electrons. The molecule has 2 rings (SSSR count). The highest BCUT2D eigenvalue weighted by Crippen LogP contribution is 2.34. The lowest BCUT2D eigenvalue weighted by atomic mass is 10.0. The van der Waals surface area contributed by atoms with Crippen LogP contribution in [0.15, 0.2) is 42.6 Å². The lowest BCUT2D eigenvalue weighted by Gasteiger charge is -2.18. The van der Waals surface area contributed by atoms with Gasteiger partial charge < -0.3 is 5.32 Å². The Morgan fingerprint density at radius 2 is 1.81 bits per heavy atom. The highest BCUT2D eigenvalue weighted by atomic mass is 19.4. The van der Waals surface area contributed by atoms with Crippen LogP contribution in [0.5, 0.6) is 0 Å². The molecule has 0 aliphatic carbocycles. The molecule has 1 aromatic heterocycles. The topological polar surface area (TPSA) is 24.9 Å². The van der Waals surface area contributed by atoms with Crippen molar-refractivity contribution < 1.29 is 13.2 Å². The van der Waals surface area contributed by atoms with Gasteiger partial charge in [0.05, 0.1) is 5.56 Å². The van der Waals surface area contributed by atoms with Crippen LogP contribution in [0.25, 0.3) is 0 Å². The molecule has 1 unspecified atom stereocenters. The minimum atomic E-state index is -4.41. The quantitative estimate of drug-likeness (QED) is 0.873. The number of aryl methyl sites for hydroxylation is 1. The molecule has 0 saturated carbocycles. The number of aromatic nitrogens is 1. The maximum absolute atomic E-state index is 12.9. The van der Waals surface area contributed by atoms with Crippen LogP contribution in [-0.4, -0.2) is 4.98 Å². The fourth-order valence-electron chi connectivity index (χ4n) is 2.08. The van der Waals surface area contributed by atoms with Gasteiger partial charge in [0, 0.05) is 12.2 Å². The molecule has 112 valence electrons. The zero-order valence-corrected chi connectivity index (χ0v) is 11.9. The molecule has 2 aromatic rings. The fraction of sp³-hybridized carbons (Fsp3) is 0.312. The van der Waals surface area contributed by atoms with Gasteiger partial charge in [0.2, 0.25) is 0 Å². The summed E-state index contributed by atoms with van der Waals surface area (Å²) < 4.78 is 38.8. The molecule has 21 heavy (non-hydrogen) atoms. The van der Waals surface area contributed by atoms with Crippen LogP contribution in [0.2, 0.25) is 0 Å². The molecule has 5 heteroatoms. The lowest BCUT2D eigenvalue weighted by molar-refractivity contribution is -0.137. The number of nitrogens with one attached hydrogen (secondary N) is 1. The number of rotatable bonds is 4. The smallest absolute Gasteiger partial charge is 0.363 e. The Bertz CT molecular complexity index is 591. The van der Waals surface area contributed by atoms with E-state index in [9.17, 15) is 13.2 Å². The monoisotopic (exact) mass is 294 g/mol. The summed E-state index contributed by atoms with van der Waals surface area (Å²) in [5, 5.41) is 2.84. The summed E-state index contributed by atoms with van der Waals surface area (Å²) in [6.07, 6.45) is -2.13. The summed E-state index contributed by atoms with van der Waals surface area (Å²) in [7, 11) is 0. The van der Waals surface area contributed by atoms with Crippen molar-refractivity contribution in [2.45, 2.75) is 32.5 Å². The van der Waals surface area contributed by atoms with E-state index < -0.39 is 11.7 Å². The van der Waals surface area contributed by atoms with Crippen LogP contribution in [0.4, 0.5) is 19.0 Å². The van der Waals surface area contributed by atoms with Crippen molar-refractivity contribution in [3.8, 4) is 0 Å². The first-order valence-electron chi connectivity index (χ1n) is 6.79. The standard InChI is InChI=1S/C16H17F3N2/c1-3-12-6-8-13(9-7-12)11(2)21-15-14(16(17,18)19)5-4-10-20-15/h4-11H,3H2,1-2H3,(H,20,21). The van der Waals surface area contributed by atoms with E-state index in [0.29, 0.717) is 0 Å². The predicted octanol–water partition coefficient (Wildman–Crippen LogP) is 4.84. The predicted molar refractivity (Wildman–Crippen MR) is 77.1 cm³/mol. The highest BCUT2D eigenvalue weighted by Gasteiger charge is 2.34. The van der Waals surface area contributed by atoms with Crippen LogP contribution in [-0.2, 0) is 12.6 Å². The Morgan fingerprint density at radius 1 is 1.14 bits per heavy atom. The second kappa shape index (κ2) is 6.16. The van der Waals surface area contributed by atoms with Gasteiger partial charge in [-0.05, 0) is 36.6 Å². The van der Waals surface area contributed by atoms with Crippen molar-refractivity contribution in [3.63, 3.8) is 0 Å². The maximum atomic E-state index is 12.9. The molecule has 0 amide bonds. The second-order valence-electron chi connectivity index (χ2n) is 4.86. The molecule has 0 aliphatic rings. The van der Waals surface area contributed by atoms with Crippen molar-refractivity contribution in [2.75, 3.05) is 5.32 Å². The van der Waals surface area contributed by atoms with Crippen LogP contribution in [0.3, 0.4) is 0 Å². The van der Waals surface area contributed by atoms with Crippen molar-refractivity contribution in [1.82, 2.24) is 4.98 Å². The maximum Gasteiger partial charge on any atom is 0.419 e. The Labute approximate surface area is 122 Å². The van der Waals surface area contributed by atoms with E-state index in [0.717, 1.165) is 18.1 Å². The summed E-state index contributed by atoms with van der Waals surface area (Å²) in [5.41, 5.74) is 1.37. The van der Waals surface area contributed by atoms with Crippen molar-refractivity contribution in [2.24, 2.45) is 0 Å². The minimum absolute atomic E-state index is 0.142. The van der Waals surface area contributed by atoms with Crippen LogP contribution >= 0.6 is 0 Å². The van der Waals surface area contributed by atoms with E-state index in [4.69, 9.17) is 0 Å². The molecule has 0 aliphatic heterocycles. The Kier molecular flexibility index (Phi) is 4.50. The van der Waals surface area contributed by atoms with E-state index in [1.54, 1.807) is 0 Å². The van der Waals surface area contributed by atoms with Gasteiger partial charge in [-0.2, -0.15) is 13.2 Å². The van der Waals surface area contributed by atoms with E-state index in [1.165, 1.54) is 17.8 Å². The van der Waals surface area contributed by atoms with Crippen molar-refractivity contribution in [1.29, 1.82) is 0 Å². The third kappa shape index (κ3) is 3.74. The summed E-state index contributed by atoms with van der Waals surface area (Å²) in [6, 6.07) is 9.87. The average Bonchev–Trinajstić information content (AvgIpc) is 2.47. The number of halogens is 3. The number of nitrogens with zero attached hydrogens (tertiary/aromatic N) is 1. The molecule has 1 atom stereocenters. The van der Waals surface area contributed by atoms with Crippen LogP contribution in [0.1, 0.15) is 36.6 Å². The minimum Gasteiger partial charge on any atom is -0.363 e. The lowest BCUT2D eigenvalue weighted by Crippen LogP contribution is -2.14. The van der Waals surface area contributed by atoms with Gasteiger partial charge >= 0.3 is 6.18 Å². The Morgan fingerprint density at radius 3 is 2.38 bits per heavy atom. The van der Waals surface area contributed by atoms with Gasteiger partial charge in [-0.1, -0.05) is 31.2 Å². The summed E-state index contributed by atoms with van der Waals surface area (Å²) in [4.78, 5) is 3.81. The van der Waals surface area contributed by atoms with Crippen LogP contribution in [0, 0.1) is 0 Å². The molecule has 0 fully saturated rings. The first kappa shape index (κ1) is 15.4. The zero-order chi connectivity index (χ0) is 15.5.